The normalized spacial score (nSPS) is 28.5. The van der Waals surface area contributed by atoms with E-state index in [2.05, 4.69) is 51.8 Å². The molecule has 2 unspecified atom stereocenters. The number of nitrogens with zero attached hydrogens (tertiary/aromatic N) is 1. The lowest BCUT2D eigenvalue weighted by Gasteiger charge is -2.36. The summed E-state index contributed by atoms with van der Waals surface area (Å²) >= 11 is 0. The lowest BCUT2D eigenvalue weighted by molar-refractivity contribution is -0.134. The van der Waals surface area contributed by atoms with Gasteiger partial charge in [0.05, 0.1) is 11.7 Å². The Morgan fingerprint density at radius 1 is 1.37 bits per heavy atom. The molecule has 0 radical (unpaired) electrons. The van der Waals surface area contributed by atoms with Gasteiger partial charge < -0.3 is 4.90 Å². The Balaban J connectivity index is 2.92. The van der Waals surface area contributed by atoms with E-state index < -0.39 is 0 Å². The van der Waals surface area contributed by atoms with Crippen LogP contribution in [0.5, 0.6) is 0 Å². The predicted molar refractivity (Wildman–Crippen MR) is 80.9 cm³/mol. The van der Waals surface area contributed by atoms with Crippen molar-refractivity contribution in [2.24, 2.45) is 11.3 Å². The van der Waals surface area contributed by atoms with Crippen molar-refractivity contribution in [3.8, 4) is 0 Å². The summed E-state index contributed by atoms with van der Waals surface area (Å²) in [6.45, 7) is 16.1. The van der Waals surface area contributed by atoms with Crippen LogP contribution in [-0.4, -0.2) is 29.1 Å². The standard InChI is InChI=1S/C16H32N2O/c1-8-10-13-17-16(7,9-2)14(19)18(13)11-15(5,6)12(3)4/h12-13,17H,8-11H2,1-7H3. The van der Waals surface area contributed by atoms with Gasteiger partial charge in [0.25, 0.3) is 0 Å². The fraction of sp³-hybridized carbons (Fsp3) is 0.938. The minimum atomic E-state index is -0.368. The second-order valence-corrected chi connectivity index (χ2v) is 7.21. The van der Waals surface area contributed by atoms with Gasteiger partial charge in [0.2, 0.25) is 5.91 Å². The third-order valence-corrected chi connectivity index (χ3v) is 5.00. The average molecular weight is 268 g/mol. The van der Waals surface area contributed by atoms with E-state index in [9.17, 15) is 4.79 Å². The molecule has 0 aromatic rings. The molecular weight excluding hydrogens is 236 g/mol. The quantitative estimate of drug-likeness (QED) is 0.801. The first-order chi connectivity index (χ1) is 8.68. The predicted octanol–water partition coefficient (Wildman–Crippen LogP) is 3.40. The SMILES string of the molecule is CCCC1NC(C)(CC)C(=O)N1CC(C)(C)C(C)C. The number of rotatable bonds is 6. The zero-order chi connectivity index (χ0) is 14.8. The van der Waals surface area contributed by atoms with Gasteiger partial charge in [-0.05, 0) is 31.1 Å². The van der Waals surface area contributed by atoms with Gasteiger partial charge in [-0.25, -0.2) is 0 Å². The van der Waals surface area contributed by atoms with Crippen LogP contribution in [0.15, 0.2) is 0 Å². The third kappa shape index (κ3) is 3.31. The third-order valence-electron chi connectivity index (χ3n) is 5.00. The Kier molecular flexibility index (Phi) is 5.05. The average Bonchev–Trinajstić information content (AvgIpc) is 2.55. The first-order valence-electron chi connectivity index (χ1n) is 7.76. The number of hydrogen-bond donors (Lipinski definition) is 1. The maximum Gasteiger partial charge on any atom is 0.243 e. The highest BCUT2D eigenvalue weighted by Crippen LogP contribution is 2.33. The van der Waals surface area contributed by atoms with Crippen molar-refractivity contribution in [3.05, 3.63) is 0 Å². The molecule has 1 amide bonds. The molecule has 1 N–H and O–H groups in total. The van der Waals surface area contributed by atoms with Crippen LogP contribution in [0.25, 0.3) is 0 Å². The molecule has 1 rings (SSSR count). The van der Waals surface area contributed by atoms with Gasteiger partial charge >= 0.3 is 0 Å². The number of nitrogens with one attached hydrogen (secondary N) is 1. The maximum atomic E-state index is 12.7. The summed E-state index contributed by atoms with van der Waals surface area (Å²) in [4.78, 5) is 14.8. The van der Waals surface area contributed by atoms with Crippen LogP contribution >= 0.6 is 0 Å². The Bertz CT molecular complexity index is 325. The highest BCUT2D eigenvalue weighted by molar-refractivity contribution is 5.88. The lowest BCUT2D eigenvalue weighted by atomic mass is 9.80. The summed E-state index contributed by atoms with van der Waals surface area (Å²) in [7, 11) is 0. The van der Waals surface area contributed by atoms with E-state index >= 15 is 0 Å². The first kappa shape index (κ1) is 16.5. The van der Waals surface area contributed by atoms with Crippen molar-refractivity contribution >= 4 is 5.91 Å². The largest absolute Gasteiger partial charge is 0.325 e. The first-order valence-corrected chi connectivity index (χ1v) is 7.76. The summed E-state index contributed by atoms with van der Waals surface area (Å²) in [5, 5.41) is 3.56. The molecule has 1 aliphatic rings. The number of carbonyl (C=O) groups is 1. The van der Waals surface area contributed by atoms with Gasteiger partial charge in [-0.2, -0.15) is 0 Å². The van der Waals surface area contributed by atoms with Crippen molar-refractivity contribution in [3.63, 3.8) is 0 Å². The zero-order valence-electron chi connectivity index (χ0n) is 13.8. The molecule has 0 spiro atoms. The minimum absolute atomic E-state index is 0.155. The summed E-state index contributed by atoms with van der Waals surface area (Å²) in [6, 6.07) is 0. The van der Waals surface area contributed by atoms with Gasteiger partial charge in [-0.15, -0.1) is 0 Å². The lowest BCUT2D eigenvalue weighted by Crippen LogP contribution is -2.45. The smallest absolute Gasteiger partial charge is 0.243 e. The second-order valence-electron chi connectivity index (χ2n) is 7.21. The molecule has 0 bridgehead atoms. The summed E-state index contributed by atoms with van der Waals surface area (Å²) in [5.74, 6) is 0.846. The number of amides is 1. The zero-order valence-corrected chi connectivity index (χ0v) is 13.8. The Labute approximate surface area is 119 Å². The van der Waals surface area contributed by atoms with Gasteiger partial charge in [-0.3, -0.25) is 10.1 Å². The van der Waals surface area contributed by atoms with Gasteiger partial charge in [0.15, 0.2) is 0 Å². The van der Waals surface area contributed by atoms with Crippen molar-refractivity contribution in [2.75, 3.05) is 6.54 Å². The van der Waals surface area contributed by atoms with Crippen molar-refractivity contribution in [1.29, 1.82) is 0 Å². The monoisotopic (exact) mass is 268 g/mol. The Morgan fingerprint density at radius 3 is 2.37 bits per heavy atom. The minimum Gasteiger partial charge on any atom is -0.325 e. The highest BCUT2D eigenvalue weighted by atomic mass is 16.2. The fourth-order valence-corrected chi connectivity index (χ4v) is 2.52. The molecule has 1 saturated heterocycles. The van der Waals surface area contributed by atoms with Crippen LogP contribution in [0.1, 0.15) is 67.7 Å². The molecule has 112 valence electrons. The van der Waals surface area contributed by atoms with E-state index in [0.29, 0.717) is 5.92 Å². The molecule has 0 aliphatic carbocycles. The van der Waals surface area contributed by atoms with Crippen LogP contribution in [0.3, 0.4) is 0 Å². The molecule has 2 atom stereocenters. The van der Waals surface area contributed by atoms with Crippen molar-refractivity contribution in [2.45, 2.75) is 79.4 Å². The second kappa shape index (κ2) is 5.82. The molecular formula is C16H32N2O. The van der Waals surface area contributed by atoms with Crippen molar-refractivity contribution in [1.82, 2.24) is 10.2 Å². The maximum absolute atomic E-state index is 12.7. The molecule has 1 aliphatic heterocycles. The molecule has 3 heteroatoms. The number of hydrogen-bond acceptors (Lipinski definition) is 2. The Morgan fingerprint density at radius 2 is 1.95 bits per heavy atom. The van der Waals surface area contributed by atoms with Gasteiger partial charge in [0, 0.05) is 6.54 Å². The van der Waals surface area contributed by atoms with E-state index in [-0.39, 0.29) is 23.0 Å². The summed E-state index contributed by atoms with van der Waals surface area (Å²) in [5.41, 5.74) is -0.213. The summed E-state index contributed by atoms with van der Waals surface area (Å²) < 4.78 is 0. The summed E-state index contributed by atoms with van der Waals surface area (Å²) in [6.07, 6.45) is 3.20. The molecule has 0 aromatic heterocycles. The van der Waals surface area contributed by atoms with Crippen LogP contribution in [-0.2, 0) is 4.79 Å². The van der Waals surface area contributed by atoms with E-state index in [1.54, 1.807) is 0 Å². The molecule has 0 aromatic carbocycles. The van der Waals surface area contributed by atoms with Crippen LogP contribution in [0.2, 0.25) is 0 Å². The molecule has 1 heterocycles. The van der Waals surface area contributed by atoms with Crippen LogP contribution in [0, 0.1) is 11.3 Å². The molecule has 19 heavy (non-hydrogen) atoms. The van der Waals surface area contributed by atoms with Crippen LogP contribution in [0.4, 0.5) is 0 Å². The topological polar surface area (TPSA) is 32.3 Å². The van der Waals surface area contributed by atoms with Gasteiger partial charge in [0.1, 0.15) is 0 Å². The number of carbonyl (C=O) groups excluding carboxylic acids is 1. The highest BCUT2D eigenvalue weighted by Gasteiger charge is 2.47. The molecule has 0 saturated carbocycles. The van der Waals surface area contributed by atoms with E-state index in [1.807, 2.05) is 6.92 Å². The molecule has 3 nitrogen and oxygen atoms in total. The van der Waals surface area contributed by atoms with E-state index in [1.165, 1.54) is 0 Å². The van der Waals surface area contributed by atoms with E-state index in [4.69, 9.17) is 0 Å². The Hall–Kier alpha value is -0.570. The fourth-order valence-electron chi connectivity index (χ4n) is 2.52. The van der Waals surface area contributed by atoms with Crippen LogP contribution < -0.4 is 5.32 Å². The molecule has 1 fully saturated rings. The van der Waals surface area contributed by atoms with Gasteiger partial charge in [-0.1, -0.05) is 48.0 Å². The van der Waals surface area contributed by atoms with E-state index in [0.717, 1.165) is 25.8 Å². The van der Waals surface area contributed by atoms with Crippen molar-refractivity contribution < 1.29 is 4.79 Å².